The standard InChI is InChI=1S/C21H26N2O2/c1-2-3-4-8-11-21(24)23-22-16-18-12-14-20(15-13-18)25-17-19-9-6-5-7-10-19/h5-7,9-10,12-16H,2-4,8,11,17H2,1H3,(H,23,24). The average Bonchev–Trinajstić information content (AvgIpc) is 2.65. The van der Waals surface area contributed by atoms with Crippen LogP contribution in [0.25, 0.3) is 0 Å². The van der Waals surface area contributed by atoms with E-state index >= 15 is 0 Å². The highest BCUT2D eigenvalue weighted by Gasteiger charge is 1.99. The number of carbonyl (C=O) groups excluding carboxylic acids is 1. The molecule has 0 unspecified atom stereocenters. The predicted octanol–water partition coefficient (Wildman–Crippen LogP) is 4.69. The molecule has 1 N–H and O–H groups in total. The number of rotatable bonds is 10. The lowest BCUT2D eigenvalue weighted by Gasteiger charge is -2.06. The van der Waals surface area contributed by atoms with Gasteiger partial charge in [-0.3, -0.25) is 4.79 Å². The Morgan fingerprint density at radius 1 is 1.04 bits per heavy atom. The first kappa shape index (κ1) is 18.7. The first-order valence-corrected chi connectivity index (χ1v) is 8.86. The fourth-order valence-electron chi connectivity index (χ4n) is 2.34. The Hall–Kier alpha value is -2.62. The number of hydrogen-bond acceptors (Lipinski definition) is 3. The summed E-state index contributed by atoms with van der Waals surface area (Å²) in [5, 5.41) is 4.00. The Morgan fingerprint density at radius 3 is 2.52 bits per heavy atom. The van der Waals surface area contributed by atoms with Gasteiger partial charge in [-0.05, 0) is 41.8 Å². The predicted molar refractivity (Wildman–Crippen MR) is 102 cm³/mol. The summed E-state index contributed by atoms with van der Waals surface area (Å²) in [6.45, 7) is 2.70. The Labute approximate surface area is 149 Å². The van der Waals surface area contributed by atoms with E-state index in [0.29, 0.717) is 13.0 Å². The molecule has 25 heavy (non-hydrogen) atoms. The van der Waals surface area contributed by atoms with E-state index in [9.17, 15) is 4.79 Å². The minimum atomic E-state index is -0.0323. The summed E-state index contributed by atoms with van der Waals surface area (Å²) in [6.07, 6.45) is 6.54. The van der Waals surface area contributed by atoms with Crippen LogP contribution in [0.3, 0.4) is 0 Å². The van der Waals surface area contributed by atoms with Gasteiger partial charge in [0.15, 0.2) is 0 Å². The molecule has 0 aliphatic carbocycles. The highest BCUT2D eigenvalue weighted by molar-refractivity contribution is 5.82. The quantitative estimate of drug-likeness (QED) is 0.388. The van der Waals surface area contributed by atoms with Crippen LogP contribution in [-0.4, -0.2) is 12.1 Å². The lowest BCUT2D eigenvalue weighted by Crippen LogP contribution is -2.16. The second-order valence-corrected chi connectivity index (χ2v) is 5.95. The highest BCUT2D eigenvalue weighted by Crippen LogP contribution is 2.13. The molecule has 0 aliphatic heterocycles. The molecule has 4 nitrogen and oxygen atoms in total. The molecule has 4 heteroatoms. The van der Waals surface area contributed by atoms with Crippen molar-refractivity contribution in [1.29, 1.82) is 0 Å². The van der Waals surface area contributed by atoms with Crippen LogP contribution in [0.15, 0.2) is 59.7 Å². The van der Waals surface area contributed by atoms with Gasteiger partial charge in [-0.2, -0.15) is 5.10 Å². The van der Waals surface area contributed by atoms with Gasteiger partial charge in [0, 0.05) is 6.42 Å². The molecule has 0 fully saturated rings. The lowest BCUT2D eigenvalue weighted by molar-refractivity contribution is -0.121. The zero-order valence-corrected chi connectivity index (χ0v) is 14.8. The molecule has 0 bridgehead atoms. The maximum atomic E-state index is 11.6. The van der Waals surface area contributed by atoms with E-state index in [4.69, 9.17) is 4.74 Å². The highest BCUT2D eigenvalue weighted by atomic mass is 16.5. The molecule has 1 amide bonds. The number of amides is 1. The average molecular weight is 338 g/mol. The third-order valence-electron chi connectivity index (χ3n) is 3.79. The molecule has 132 valence electrons. The minimum Gasteiger partial charge on any atom is -0.489 e. The summed E-state index contributed by atoms with van der Waals surface area (Å²) >= 11 is 0. The molecule has 0 aromatic heterocycles. The van der Waals surface area contributed by atoms with Crippen LogP contribution in [0.1, 0.15) is 50.2 Å². The number of hydrazone groups is 1. The molecule has 0 atom stereocenters. The number of benzene rings is 2. The first-order chi connectivity index (χ1) is 12.3. The maximum absolute atomic E-state index is 11.6. The van der Waals surface area contributed by atoms with Crippen LogP contribution in [0.2, 0.25) is 0 Å². The van der Waals surface area contributed by atoms with Gasteiger partial charge in [0.1, 0.15) is 12.4 Å². The van der Waals surface area contributed by atoms with Crippen molar-refractivity contribution in [2.75, 3.05) is 0 Å². The molecular formula is C21H26N2O2. The zero-order valence-electron chi connectivity index (χ0n) is 14.8. The number of ether oxygens (including phenoxy) is 1. The molecule has 0 saturated heterocycles. The number of nitrogens with zero attached hydrogens (tertiary/aromatic N) is 1. The van der Waals surface area contributed by atoms with Crippen molar-refractivity contribution in [2.45, 2.75) is 45.6 Å². The topological polar surface area (TPSA) is 50.7 Å². The van der Waals surface area contributed by atoms with Gasteiger partial charge in [-0.15, -0.1) is 0 Å². The summed E-state index contributed by atoms with van der Waals surface area (Å²) in [4.78, 5) is 11.6. The lowest BCUT2D eigenvalue weighted by atomic mass is 10.1. The van der Waals surface area contributed by atoms with Crippen LogP contribution in [0.5, 0.6) is 5.75 Å². The van der Waals surface area contributed by atoms with Crippen molar-refractivity contribution in [3.05, 3.63) is 65.7 Å². The number of carbonyl (C=O) groups is 1. The minimum absolute atomic E-state index is 0.0323. The molecule has 0 radical (unpaired) electrons. The maximum Gasteiger partial charge on any atom is 0.240 e. The van der Waals surface area contributed by atoms with Crippen LogP contribution in [-0.2, 0) is 11.4 Å². The Morgan fingerprint density at radius 2 is 1.80 bits per heavy atom. The Balaban J connectivity index is 1.71. The van der Waals surface area contributed by atoms with Crippen molar-refractivity contribution in [3.8, 4) is 5.75 Å². The van der Waals surface area contributed by atoms with Gasteiger partial charge in [-0.25, -0.2) is 5.43 Å². The van der Waals surface area contributed by atoms with Crippen LogP contribution >= 0.6 is 0 Å². The van der Waals surface area contributed by atoms with Crippen LogP contribution < -0.4 is 10.2 Å². The summed E-state index contributed by atoms with van der Waals surface area (Å²) in [6, 6.07) is 17.7. The summed E-state index contributed by atoms with van der Waals surface area (Å²) < 4.78 is 5.74. The van der Waals surface area contributed by atoms with Gasteiger partial charge < -0.3 is 4.74 Å². The van der Waals surface area contributed by atoms with E-state index in [0.717, 1.165) is 29.7 Å². The number of hydrogen-bond donors (Lipinski definition) is 1. The molecule has 0 aliphatic rings. The molecular weight excluding hydrogens is 312 g/mol. The van der Waals surface area contributed by atoms with Gasteiger partial charge >= 0.3 is 0 Å². The smallest absolute Gasteiger partial charge is 0.240 e. The van der Waals surface area contributed by atoms with Crippen molar-refractivity contribution >= 4 is 12.1 Å². The van der Waals surface area contributed by atoms with Gasteiger partial charge in [0.2, 0.25) is 5.91 Å². The molecule has 2 aromatic rings. The third kappa shape index (κ3) is 7.66. The zero-order chi connectivity index (χ0) is 17.7. The van der Waals surface area contributed by atoms with Gasteiger partial charge in [0.05, 0.1) is 6.21 Å². The Bertz CT molecular complexity index is 651. The van der Waals surface area contributed by atoms with Crippen molar-refractivity contribution in [1.82, 2.24) is 5.43 Å². The SMILES string of the molecule is CCCCCCC(=O)NN=Cc1ccc(OCc2ccccc2)cc1. The van der Waals surface area contributed by atoms with Crippen LogP contribution in [0.4, 0.5) is 0 Å². The summed E-state index contributed by atoms with van der Waals surface area (Å²) in [7, 11) is 0. The number of nitrogens with one attached hydrogen (secondary N) is 1. The van der Waals surface area contributed by atoms with E-state index < -0.39 is 0 Å². The molecule has 0 heterocycles. The summed E-state index contributed by atoms with van der Waals surface area (Å²) in [5.41, 5.74) is 4.62. The van der Waals surface area contributed by atoms with E-state index in [-0.39, 0.29) is 5.91 Å². The normalized spacial score (nSPS) is 10.8. The van der Waals surface area contributed by atoms with E-state index in [1.54, 1.807) is 6.21 Å². The van der Waals surface area contributed by atoms with Crippen molar-refractivity contribution in [3.63, 3.8) is 0 Å². The summed E-state index contributed by atoms with van der Waals surface area (Å²) in [5.74, 6) is 0.774. The second-order valence-electron chi connectivity index (χ2n) is 5.95. The fourth-order valence-corrected chi connectivity index (χ4v) is 2.34. The van der Waals surface area contributed by atoms with E-state index in [1.807, 2.05) is 54.6 Å². The van der Waals surface area contributed by atoms with Crippen LogP contribution in [0, 0.1) is 0 Å². The molecule has 2 aromatic carbocycles. The molecule has 0 saturated carbocycles. The first-order valence-electron chi connectivity index (χ1n) is 8.86. The fraction of sp³-hybridized carbons (Fsp3) is 0.333. The monoisotopic (exact) mass is 338 g/mol. The van der Waals surface area contributed by atoms with Gasteiger partial charge in [-0.1, -0.05) is 56.5 Å². The Kier molecular flexibility index (Phi) is 8.25. The van der Waals surface area contributed by atoms with E-state index in [1.165, 1.54) is 12.8 Å². The van der Waals surface area contributed by atoms with Crippen molar-refractivity contribution < 1.29 is 9.53 Å². The van der Waals surface area contributed by atoms with E-state index in [2.05, 4.69) is 17.5 Å². The number of unbranched alkanes of at least 4 members (excludes halogenated alkanes) is 3. The third-order valence-corrected chi connectivity index (χ3v) is 3.79. The second kappa shape index (κ2) is 11.0. The largest absolute Gasteiger partial charge is 0.489 e. The molecule has 0 spiro atoms. The van der Waals surface area contributed by atoms with Gasteiger partial charge in [0.25, 0.3) is 0 Å². The molecule has 2 rings (SSSR count). The van der Waals surface area contributed by atoms with Crippen molar-refractivity contribution in [2.24, 2.45) is 5.10 Å².